The van der Waals surface area contributed by atoms with Crippen molar-refractivity contribution in [1.29, 1.82) is 0 Å². The summed E-state index contributed by atoms with van der Waals surface area (Å²) >= 11 is 0. The molecule has 0 aromatic carbocycles. The average Bonchev–Trinajstić information content (AvgIpc) is 2.57. The molecule has 144 valence electrons. The number of amides is 1. The number of hydrogen-bond acceptors (Lipinski definition) is 1. The maximum Gasteiger partial charge on any atom is 0.219 e. The van der Waals surface area contributed by atoms with Crippen molar-refractivity contribution >= 4 is 5.91 Å². The molecule has 8 fully saturated rings. The van der Waals surface area contributed by atoms with Gasteiger partial charge < -0.3 is 4.90 Å². The van der Waals surface area contributed by atoms with E-state index in [0.717, 1.165) is 59.8 Å². The van der Waals surface area contributed by atoms with Crippen LogP contribution in [-0.2, 0) is 4.79 Å². The van der Waals surface area contributed by atoms with E-state index in [2.05, 4.69) is 4.90 Å². The van der Waals surface area contributed by atoms with Crippen molar-refractivity contribution in [2.75, 3.05) is 6.54 Å². The van der Waals surface area contributed by atoms with Gasteiger partial charge in [0.2, 0.25) is 5.91 Å². The summed E-state index contributed by atoms with van der Waals surface area (Å²) in [6.07, 6.45) is 16.2. The van der Waals surface area contributed by atoms with E-state index in [4.69, 9.17) is 0 Å². The zero-order valence-corrected chi connectivity index (χ0v) is 16.6. The highest BCUT2D eigenvalue weighted by Gasteiger charge is 2.51. The molecule has 26 heavy (non-hydrogen) atoms. The van der Waals surface area contributed by atoms with Gasteiger partial charge in [0.1, 0.15) is 0 Å². The van der Waals surface area contributed by atoms with Crippen molar-refractivity contribution in [1.82, 2.24) is 4.90 Å². The summed E-state index contributed by atoms with van der Waals surface area (Å²) in [5, 5.41) is 0. The van der Waals surface area contributed by atoms with Gasteiger partial charge in [0.15, 0.2) is 0 Å². The fraction of sp³-hybridized carbons (Fsp3) is 0.958. The van der Waals surface area contributed by atoms with Gasteiger partial charge in [-0.25, -0.2) is 0 Å². The number of hydrogen-bond donors (Lipinski definition) is 0. The Morgan fingerprint density at radius 1 is 0.692 bits per heavy atom. The largest absolute Gasteiger partial charge is 0.339 e. The normalized spacial score (nSPS) is 53.3. The van der Waals surface area contributed by atoms with E-state index in [0.29, 0.717) is 11.9 Å². The number of nitrogens with zero attached hydrogens (tertiary/aromatic N) is 1. The molecular formula is C24H37NO. The van der Waals surface area contributed by atoms with Gasteiger partial charge in [-0.1, -0.05) is 0 Å². The summed E-state index contributed by atoms with van der Waals surface area (Å²) in [5.41, 5.74) is 0. The van der Waals surface area contributed by atoms with Gasteiger partial charge in [-0.05, 0) is 124 Å². The van der Waals surface area contributed by atoms with Crippen LogP contribution in [0.1, 0.15) is 77.6 Å². The summed E-state index contributed by atoms with van der Waals surface area (Å²) < 4.78 is 0. The Labute approximate surface area is 159 Å². The van der Waals surface area contributed by atoms with Crippen LogP contribution in [0.5, 0.6) is 0 Å². The minimum atomic E-state index is 0.381. The smallest absolute Gasteiger partial charge is 0.219 e. The predicted molar refractivity (Wildman–Crippen MR) is 103 cm³/mol. The third-order valence-electron chi connectivity index (χ3n) is 10.1. The third kappa shape index (κ3) is 2.53. The van der Waals surface area contributed by atoms with Gasteiger partial charge in [0.05, 0.1) is 0 Å². The maximum absolute atomic E-state index is 12.7. The monoisotopic (exact) mass is 355 g/mol. The molecule has 8 aliphatic rings. The van der Waals surface area contributed by atoms with E-state index >= 15 is 0 Å². The molecule has 1 amide bonds. The minimum Gasteiger partial charge on any atom is -0.339 e. The molecule has 0 aliphatic heterocycles. The first-order valence-corrected chi connectivity index (χ1v) is 11.9. The highest BCUT2D eigenvalue weighted by atomic mass is 16.2. The van der Waals surface area contributed by atoms with E-state index in [1.807, 2.05) is 6.92 Å². The van der Waals surface area contributed by atoms with Crippen LogP contribution in [0.25, 0.3) is 0 Å². The molecular weight excluding hydrogens is 318 g/mol. The third-order valence-corrected chi connectivity index (χ3v) is 10.1. The van der Waals surface area contributed by atoms with Crippen LogP contribution in [0.4, 0.5) is 0 Å². The Kier molecular flexibility index (Phi) is 3.78. The van der Waals surface area contributed by atoms with Crippen molar-refractivity contribution in [2.45, 2.75) is 83.6 Å². The second kappa shape index (κ2) is 5.98. The summed E-state index contributed by atoms with van der Waals surface area (Å²) in [7, 11) is 0. The molecule has 8 bridgehead atoms. The molecule has 2 nitrogen and oxygen atoms in total. The molecule has 0 radical (unpaired) electrons. The van der Waals surface area contributed by atoms with Gasteiger partial charge in [-0.15, -0.1) is 0 Å². The number of rotatable bonds is 4. The Bertz CT molecular complexity index is 527. The number of carbonyl (C=O) groups excluding carboxylic acids is 1. The second-order valence-electron chi connectivity index (χ2n) is 11.5. The second-order valence-corrected chi connectivity index (χ2v) is 11.5. The molecule has 8 rings (SSSR count). The molecule has 2 heteroatoms. The van der Waals surface area contributed by atoms with Gasteiger partial charge in [0.25, 0.3) is 0 Å². The standard InChI is InChI=1S/C24H37NO/c1-14(26)25(24-21-10-17-5-18(12-21)13-22(24)11-17)3-2-23-19-6-15-4-16(8-19)9-20(23)7-15/h15-24H,2-13H2,1H3. The van der Waals surface area contributed by atoms with E-state index in [1.54, 1.807) is 6.42 Å². The fourth-order valence-electron chi connectivity index (χ4n) is 9.72. The lowest BCUT2D eigenvalue weighted by Gasteiger charge is -2.58. The zero-order chi connectivity index (χ0) is 17.4. The van der Waals surface area contributed by atoms with Gasteiger partial charge in [-0.2, -0.15) is 0 Å². The van der Waals surface area contributed by atoms with E-state index in [9.17, 15) is 4.79 Å². The Balaban J connectivity index is 1.16. The first-order chi connectivity index (χ1) is 12.6. The van der Waals surface area contributed by atoms with Crippen LogP contribution in [0.15, 0.2) is 0 Å². The molecule has 0 unspecified atom stereocenters. The highest BCUT2D eigenvalue weighted by Crippen LogP contribution is 2.58. The van der Waals surface area contributed by atoms with Crippen molar-refractivity contribution in [3.8, 4) is 0 Å². The number of carbonyl (C=O) groups is 1. The Morgan fingerprint density at radius 2 is 1.12 bits per heavy atom. The summed E-state index contributed by atoms with van der Waals surface area (Å²) in [5.74, 6) is 9.19. The molecule has 0 atom stereocenters. The molecule has 8 aliphatic carbocycles. The average molecular weight is 356 g/mol. The van der Waals surface area contributed by atoms with Crippen molar-refractivity contribution in [3.63, 3.8) is 0 Å². The first-order valence-electron chi connectivity index (χ1n) is 11.9. The summed E-state index contributed by atoms with van der Waals surface area (Å²) in [6, 6.07) is 0.608. The van der Waals surface area contributed by atoms with Crippen LogP contribution < -0.4 is 0 Å². The predicted octanol–water partition coefficient (Wildman–Crippen LogP) is 5.12. The van der Waals surface area contributed by atoms with Crippen molar-refractivity contribution in [2.24, 2.45) is 53.3 Å². The quantitative estimate of drug-likeness (QED) is 0.685. The van der Waals surface area contributed by atoms with Crippen LogP contribution >= 0.6 is 0 Å². The fourth-order valence-corrected chi connectivity index (χ4v) is 9.72. The van der Waals surface area contributed by atoms with Gasteiger partial charge in [-0.3, -0.25) is 4.79 Å². The van der Waals surface area contributed by atoms with Gasteiger partial charge >= 0.3 is 0 Å². The lowest BCUT2D eigenvalue weighted by molar-refractivity contribution is -0.142. The summed E-state index contributed by atoms with van der Waals surface area (Å²) in [6.45, 7) is 2.94. The zero-order valence-electron chi connectivity index (χ0n) is 16.6. The molecule has 0 heterocycles. The minimum absolute atomic E-state index is 0.381. The van der Waals surface area contributed by atoms with Gasteiger partial charge in [0, 0.05) is 19.5 Å². The maximum atomic E-state index is 12.7. The highest BCUT2D eigenvalue weighted by molar-refractivity contribution is 5.73. The lowest BCUT2D eigenvalue weighted by Crippen LogP contribution is -2.57. The van der Waals surface area contributed by atoms with Crippen molar-refractivity contribution in [3.05, 3.63) is 0 Å². The molecule has 0 N–H and O–H groups in total. The SMILES string of the molecule is CC(=O)N(CCC1C2CC3CC(C2)CC1C3)C1C2CC3CC(C2)CC1C3. The summed E-state index contributed by atoms with van der Waals surface area (Å²) in [4.78, 5) is 15.1. The van der Waals surface area contributed by atoms with Crippen LogP contribution in [0.3, 0.4) is 0 Å². The molecule has 0 saturated heterocycles. The van der Waals surface area contributed by atoms with Crippen LogP contribution in [0, 0.1) is 53.3 Å². The van der Waals surface area contributed by atoms with E-state index in [1.165, 1.54) is 64.2 Å². The Hall–Kier alpha value is -0.530. The molecule has 0 aromatic heterocycles. The Morgan fingerprint density at radius 3 is 1.54 bits per heavy atom. The first kappa shape index (κ1) is 16.4. The lowest BCUT2D eigenvalue weighted by atomic mass is 9.51. The molecule has 0 spiro atoms. The van der Waals surface area contributed by atoms with E-state index in [-0.39, 0.29) is 0 Å². The van der Waals surface area contributed by atoms with Crippen molar-refractivity contribution < 1.29 is 4.79 Å². The molecule has 8 saturated carbocycles. The van der Waals surface area contributed by atoms with Crippen LogP contribution in [-0.4, -0.2) is 23.4 Å². The van der Waals surface area contributed by atoms with Crippen LogP contribution in [0.2, 0.25) is 0 Å². The molecule has 0 aromatic rings. The van der Waals surface area contributed by atoms with E-state index < -0.39 is 0 Å². The topological polar surface area (TPSA) is 20.3 Å².